The molecule has 0 aliphatic rings. The smallest absolute Gasteiger partial charge is 0.129 e. The van der Waals surface area contributed by atoms with Gasteiger partial charge < -0.3 is 14.4 Å². The molecule has 3 nitrogen and oxygen atoms in total. The third-order valence-corrected chi connectivity index (χ3v) is 10.2. The predicted octanol–water partition coefficient (Wildman–Crippen LogP) is 12.6. The number of fused-ring (bicyclic) bond motifs is 5. The number of benzene rings is 4. The Balaban J connectivity index is 0.000000279. The third kappa shape index (κ3) is 6.83. The summed E-state index contributed by atoms with van der Waals surface area (Å²) >= 11 is 1.79. The molecule has 0 unspecified atom stereocenters. The first-order valence-corrected chi connectivity index (χ1v) is 17.5. The first kappa shape index (κ1) is 32.8. The molecule has 0 N–H and O–H groups in total. The van der Waals surface area contributed by atoms with Crippen molar-refractivity contribution < 1.29 is 27.3 Å². The van der Waals surface area contributed by atoms with E-state index in [0.717, 1.165) is 61.0 Å². The largest absolute Gasteiger partial charge is 0.500 e. The maximum Gasteiger partial charge on any atom is 0.129 e. The van der Waals surface area contributed by atoms with E-state index in [-0.39, 0.29) is 26.0 Å². The van der Waals surface area contributed by atoms with Gasteiger partial charge in [0.15, 0.2) is 0 Å². The molecule has 5 heteroatoms. The SMILES string of the molecule is Cc1ccc(-c2[c-]cccc2)nc1.[2H]C([2H])(c1cc(-c2[c-]ccc3c2oc2c3ccc3sc(C)c(C)c32)ncc1-c1c(C)cccc1C)C(C)C.[Ir]. The van der Waals surface area contributed by atoms with Gasteiger partial charge in [0.05, 0.1) is 5.58 Å². The van der Waals surface area contributed by atoms with Crippen molar-refractivity contribution in [1.29, 1.82) is 0 Å². The zero-order valence-electron chi connectivity index (χ0n) is 31.4. The number of hydrogen-bond acceptors (Lipinski definition) is 4. The van der Waals surface area contributed by atoms with Crippen LogP contribution >= 0.6 is 11.3 Å². The van der Waals surface area contributed by atoms with Gasteiger partial charge in [-0.2, -0.15) is 0 Å². The van der Waals surface area contributed by atoms with E-state index in [4.69, 9.17) is 12.1 Å². The van der Waals surface area contributed by atoms with Crippen LogP contribution in [0.25, 0.3) is 65.7 Å². The number of nitrogens with zero attached hydrogens (tertiary/aromatic N) is 2. The molecular weight excluding hydrogens is 809 g/mol. The minimum Gasteiger partial charge on any atom is -0.500 e. The summed E-state index contributed by atoms with van der Waals surface area (Å²) < 4.78 is 26.0. The molecule has 4 heterocycles. The Labute approximate surface area is 315 Å². The molecule has 8 aromatic rings. The predicted molar refractivity (Wildman–Crippen MR) is 207 cm³/mol. The third-order valence-electron chi connectivity index (χ3n) is 8.98. The Morgan fingerprint density at radius 2 is 1.54 bits per heavy atom. The molecule has 0 saturated carbocycles. The Bertz CT molecular complexity index is 2520. The van der Waals surface area contributed by atoms with Crippen LogP contribution in [0.15, 0.2) is 102 Å². The maximum absolute atomic E-state index is 9.09. The van der Waals surface area contributed by atoms with Crippen molar-refractivity contribution in [3.05, 3.63) is 142 Å². The van der Waals surface area contributed by atoms with Crippen molar-refractivity contribution in [2.24, 2.45) is 5.92 Å². The van der Waals surface area contributed by atoms with Gasteiger partial charge in [0.25, 0.3) is 0 Å². The van der Waals surface area contributed by atoms with Crippen molar-refractivity contribution >= 4 is 43.4 Å². The molecule has 8 rings (SSSR count). The molecule has 0 saturated heterocycles. The van der Waals surface area contributed by atoms with E-state index < -0.39 is 6.37 Å². The topological polar surface area (TPSA) is 38.9 Å². The van der Waals surface area contributed by atoms with Gasteiger partial charge >= 0.3 is 0 Å². The molecule has 50 heavy (non-hydrogen) atoms. The normalized spacial score (nSPS) is 12.1. The van der Waals surface area contributed by atoms with Crippen LogP contribution in [-0.4, -0.2) is 9.97 Å². The van der Waals surface area contributed by atoms with Gasteiger partial charge in [0, 0.05) is 61.2 Å². The van der Waals surface area contributed by atoms with Crippen LogP contribution in [0.4, 0.5) is 0 Å². The van der Waals surface area contributed by atoms with E-state index in [1.54, 1.807) is 11.3 Å². The van der Waals surface area contributed by atoms with Crippen molar-refractivity contribution in [2.75, 3.05) is 0 Å². The van der Waals surface area contributed by atoms with Gasteiger partial charge in [-0.25, -0.2) is 0 Å². The van der Waals surface area contributed by atoms with Crippen LogP contribution in [0, 0.1) is 52.7 Å². The number of thiophene rings is 1. The molecule has 0 spiro atoms. The van der Waals surface area contributed by atoms with Crippen LogP contribution in [0.5, 0.6) is 0 Å². The summed E-state index contributed by atoms with van der Waals surface area (Å²) in [6.07, 6.45) is 2.15. The van der Waals surface area contributed by atoms with Gasteiger partial charge in [-0.3, -0.25) is 0 Å². The fourth-order valence-corrected chi connectivity index (χ4v) is 7.54. The number of rotatable bonds is 5. The Morgan fingerprint density at radius 1 is 0.780 bits per heavy atom. The second-order valence-corrected chi connectivity index (χ2v) is 14.2. The van der Waals surface area contributed by atoms with E-state index in [1.807, 2.05) is 87.8 Å². The summed E-state index contributed by atoms with van der Waals surface area (Å²) in [7, 11) is 0. The molecule has 0 bridgehead atoms. The Kier molecular flexibility index (Phi) is 9.72. The summed E-state index contributed by atoms with van der Waals surface area (Å²) in [5.41, 5.74) is 12.2. The molecule has 0 fully saturated rings. The first-order valence-electron chi connectivity index (χ1n) is 17.7. The molecule has 0 aliphatic heterocycles. The van der Waals surface area contributed by atoms with E-state index in [9.17, 15) is 0 Å². The second kappa shape index (κ2) is 14.8. The van der Waals surface area contributed by atoms with Crippen molar-refractivity contribution in [3.63, 3.8) is 0 Å². The number of pyridine rings is 2. The molecular formula is C45H40IrN2OS-2. The van der Waals surface area contributed by atoms with Crippen molar-refractivity contribution in [1.82, 2.24) is 9.97 Å². The minimum absolute atomic E-state index is 0. The van der Waals surface area contributed by atoms with Gasteiger partial charge in [-0.05, 0) is 97.7 Å². The zero-order valence-corrected chi connectivity index (χ0v) is 32.6. The van der Waals surface area contributed by atoms with Crippen LogP contribution in [-0.2, 0) is 26.5 Å². The molecule has 0 aliphatic carbocycles. The second-order valence-electron chi connectivity index (χ2n) is 13.0. The van der Waals surface area contributed by atoms with E-state index in [2.05, 4.69) is 75.1 Å². The molecule has 0 atom stereocenters. The van der Waals surface area contributed by atoms with Crippen LogP contribution < -0.4 is 0 Å². The van der Waals surface area contributed by atoms with Gasteiger partial charge in [0.1, 0.15) is 5.58 Å². The van der Waals surface area contributed by atoms with Gasteiger partial charge in [0.2, 0.25) is 0 Å². The number of aryl methyl sites for hydroxylation is 5. The van der Waals surface area contributed by atoms with Gasteiger partial charge in [-0.1, -0.05) is 67.3 Å². The maximum atomic E-state index is 9.09. The fourth-order valence-electron chi connectivity index (χ4n) is 6.48. The van der Waals surface area contributed by atoms with E-state index in [1.165, 1.54) is 26.1 Å². The summed E-state index contributed by atoms with van der Waals surface area (Å²) in [4.78, 5) is 10.5. The summed E-state index contributed by atoms with van der Waals surface area (Å²) in [6, 6.07) is 34.8. The number of furan rings is 1. The molecule has 4 aromatic carbocycles. The average Bonchev–Trinajstić information content (AvgIpc) is 3.65. The Morgan fingerprint density at radius 3 is 2.24 bits per heavy atom. The van der Waals surface area contributed by atoms with Gasteiger partial charge in [-0.15, -0.1) is 65.4 Å². The molecule has 4 aromatic heterocycles. The summed E-state index contributed by atoms with van der Waals surface area (Å²) in [6.45, 7) is 14.3. The van der Waals surface area contributed by atoms with E-state index in [0.29, 0.717) is 11.3 Å². The number of hydrogen-bond donors (Lipinski definition) is 0. The minimum atomic E-state index is -1.55. The standard InChI is InChI=1S/C33H30NOS.C12H10N.Ir/c1-18(2)15-23-16-28(34-17-27(23)30-19(3)9-7-10-20(30)4)26-12-8-11-24-25-13-14-29-31(21(5)22(6)36-29)33(25)35-32(24)26;1-10-7-8-12(13-9-10)11-5-3-2-4-6-11;/h7-11,13-14,16-18H,15H2,1-6H3;2-5,7-9H,1H3;/q2*-1;/i15D2;;. The first-order chi connectivity index (χ1) is 24.5. The average molecular weight is 851 g/mol. The molecule has 0 amide bonds. The van der Waals surface area contributed by atoms with Crippen LogP contribution in [0.2, 0.25) is 0 Å². The summed E-state index contributed by atoms with van der Waals surface area (Å²) in [5.74, 6) is -0.218. The van der Waals surface area contributed by atoms with Crippen molar-refractivity contribution in [3.8, 4) is 33.6 Å². The van der Waals surface area contributed by atoms with Crippen molar-refractivity contribution in [2.45, 2.75) is 54.8 Å². The quantitative estimate of drug-likeness (QED) is 0.162. The Hall–Kier alpha value is -4.41. The fraction of sp³-hybridized carbons (Fsp3) is 0.200. The monoisotopic (exact) mass is 851 g/mol. The summed E-state index contributed by atoms with van der Waals surface area (Å²) in [5, 5.41) is 3.27. The zero-order chi connectivity index (χ0) is 36.0. The van der Waals surface area contributed by atoms with Crippen LogP contribution in [0.1, 0.15) is 49.3 Å². The molecule has 253 valence electrons. The van der Waals surface area contributed by atoms with Crippen LogP contribution in [0.3, 0.4) is 0 Å². The number of aromatic nitrogens is 2. The molecule has 1 radical (unpaired) electrons. The van der Waals surface area contributed by atoms with E-state index >= 15 is 0 Å².